The summed E-state index contributed by atoms with van der Waals surface area (Å²) in [6, 6.07) is 5.17. The van der Waals surface area contributed by atoms with Gasteiger partial charge in [-0.1, -0.05) is 24.8 Å². The van der Waals surface area contributed by atoms with Crippen molar-refractivity contribution in [3.63, 3.8) is 0 Å². The van der Waals surface area contributed by atoms with Crippen molar-refractivity contribution in [3.8, 4) is 0 Å². The van der Waals surface area contributed by atoms with E-state index in [-0.39, 0.29) is 11.8 Å². The number of fused-ring (bicyclic) bond motifs is 1. The molecule has 7 heteroatoms. The van der Waals surface area contributed by atoms with Crippen LogP contribution in [0.2, 0.25) is 0 Å². The van der Waals surface area contributed by atoms with E-state index in [0.29, 0.717) is 21.8 Å². The molecule has 0 atom stereocenters. The van der Waals surface area contributed by atoms with Crippen LogP contribution in [0, 0.1) is 0 Å². The normalized spacial score (nSPS) is 10.6. The van der Waals surface area contributed by atoms with E-state index in [2.05, 4.69) is 17.6 Å². The second-order valence-corrected chi connectivity index (χ2v) is 4.62. The van der Waals surface area contributed by atoms with E-state index in [1.807, 2.05) is 0 Å². The first-order valence-corrected chi connectivity index (χ1v) is 5.92. The molecule has 0 fully saturated rings. The quantitative estimate of drug-likeness (QED) is 0.665. The van der Waals surface area contributed by atoms with E-state index in [0.717, 1.165) is 0 Å². The van der Waals surface area contributed by atoms with Gasteiger partial charge >= 0.3 is 5.97 Å². The van der Waals surface area contributed by atoms with E-state index >= 15 is 0 Å². The Balaban J connectivity index is 2.43. The van der Waals surface area contributed by atoms with Crippen LogP contribution < -0.4 is 4.90 Å². The van der Waals surface area contributed by atoms with Crippen molar-refractivity contribution in [1.29, 1.82) is 0 Å². The van der Waals surface area contributed by atoms with Gasteiger partial charge in [0.15, 0.2) is 5.58 Å². The third kappa shape index (κ3) is 2.62. The first-order valence-electron chi connectivity index (χ1n) is 5.07. The van der Waals surface area contributed by atoms with Gasteiger partial charge < -0.3 is 14.4 Å². The Hall–Kier alpha value is -1.60. The Bertz CT molecular complexity index is 624. The first-order chi connectivity index (χ1) is 8.47. The van der Waals surface area contributed by atoms with E-state index < -0.39 is 5.97 Å². The Kier molecular flexibility index (Phi) is 3.53. The molecule has 0 aliphatic heterocycles. The molecule has 0 amide bonds. The number of carboxylic acid groups (broad SMARTS) is 1. The number of hydrogen-bond acceptors (Lipinski definition) is 5. The maximum absolute atomic E-state index is 10.8. The number of thiol groups is 1. The summed E-state index contributed by atoms with van der Waals surface area (Å²) in [5.41, 5.74) is 1.88. The van der Waals surface area contributed by atoms with E-state index in [1.54, 1.807) is 25.1 Å². The molecule has 0 aliphatic rings. The number of nitrogens with zero attached hydrogens (tertiary/aromatic N) is 2. The van der Waals surface area contributed by atoms with E-state index in [1.165, 1.54) is 4.90 Å². The molecule has 0 saturated heterocycles. The molecule has 0 bridgehead atoms. The number of hydrogen-bond donors (Lipinski definition) is 2. The van der Waals surface area contributed by atoms with Gasteiger partial charge in [0.1, 0.15) is 12.1 Å². The van der Waals surface area contributed by atoms with Crippen molar-refractivity contribution >= 4 is 52.6 Å². The SMILES string of the molecule is CC(=S)N(CC(=O)O)c1ccc2oc(S)nc2c1. The second kappa shape index (κ2) is 4.95. The number of carbonyl (C=O) groups is 1. The van der Waals surface area contributed by atoms with Gasteiger partial charge in [-0.2, -0.15) is 0 Å². The lowest BCUT2D eigenvalue weighted by molar-refractivity contribution is -0.135. The standard InChI is InChI=1S/C11H10N2O3S2/c1-6(17)13(5-10(14)15)7-2-3-9-8(4-7)12-11(18)16-9/h2-4H,5H2,1H3,(H,12,18)(H,14,15). The largest absolute Gasteiger partial charge is 0.480 e. The first kappa shape index (κ1) is 12.8. The van der Waals surface area contributed by atoms with Gasteiger partial charge in [-0.05, 0) is 25.1 Å². The number of thiocarbonyl (C=S) groups is 1. The Morgan fingerprint density at radius 1 is 1.61 bits per heavy atom. The summed E-state index contributed by atoms with van der Waals surface area (Å²) in [6.45, 7) is 1.49. The van der Waals surface area contributed by atoms with Gasteiger partial charge in [0.2, 0.25) is 0 Å². The summed E-state index contributed by atoms with van der Waals surface area (Å²) < 4.78 is 5.23. The van der Waals surface area contributed by atoms with Crippen LogP contribution in [0.15, 0.2) is 27.8 Å². The van der Waals surface area contributed by atoms with Crippen LogP contribution in [0.25, 0.3) is 11.1 Å². The highest BCUT2D eigenvalue weighted by Crippen LogP contribution is 2.24. The van der Waals surface area contributed by atoms with Gasteiger partial charge in [0.25, 0.3) is 5.22 Å². The van der Waals surface area contributed by atoms with Crippen molar-refractivity contribution in [2.45, 2.75) is 12.1 Å². The maximum Gasteiger partial charge on any atom is 0.323 e. The van der Waals surface area contributed by atoms with Gasteiger partial charge in [-0.15, -0.1) is 0 Å². The molecule has 5 nitrogen and oxygen atoms in total. The number of benzene rings is 1. The fourth-order valence-corrected chi connectivity index (χ4v) is 1.97. The molecule has 1 N–H and O–H groups in total. The van der Waals surface area contributed by atoms with Gasteiger partial charge in [-0.25, -0.2) is 4.98 Å². The molecule has 1 aromatic heterocycles. The van der Waals surface area contributed by atoms with Crippen LogP contribution in [-0.4, -0.2) is 27.6 Å². The fourth-order valence-electron chi connectivity index (χ4n) is 1.59. The van der Waals surface area contributed by atoms with E-state index in [9.17, 15) is 4.79 Å². The van der Waals surface area contributed by atoms with Gasteiger partial charge in [0, 0.05) is 5.69 Å². The highest BCUT2D eigenvalue weighted by atomic mass is 32.1. The molecule has 0 aliphatic carbocycles. The smallest absolute Gasteiger partial charge is 0.323 e. The number of aromatic nitrogens is 1. The molecule has 0 saturated carbocycles. The monoisotopic (exact) mass is 282 g/mol. The molecule has 0 unspecified atom stereocenters. The molecule has 0 spiro atoms. The summed E-state index contributed by atoms with van der Waals surface area (Å²) in [4.78, 5) is 16.9. The summed E-state index contributed by atoms with van der Waals surface area (Å²) in [5.74, 6) is -0.950. The van der Waals surface area contributed by atoms with Gasteiger partial charge in [-0.3, -0.25) is 4.79 Å². The zero-order chi connectivity index (χ0) is 13.3. The van der Waals surface area contributed by atoms with Crippen LogP contribution in [0.3, 0.4) is 0 Å². The molecule has 94 valence electrons. The summed E-state index contributed by atoms with van der Waals surface area (Å²) in [7, 11) is 0. The Morgan fingerprint density at radius 3 is 2.94 bits per heavy atom. The third-order valence-corrected chi connectivity index (χ3v) is 2.76. The highest BCUT2D eigenvalue weighted by molar-refractivity contribution is 7.80. The van der Waals surface area contributed by atoms with Crippen molar-refractivity contribution in [3.05, 3.63) is 18.2 Å². The zero-order valence-corrected chi connectivity index (χ0v) is 11.2. The van der Waals surface area contributed by atoms with Gasteiger partial charge in [0.05, 0.1) is 4.99 Å². The second-order valence-electron chi connectivity index (χ2n) is 3.65. The molecule has 2 rings (SSSR count). The predicted octanol–water partition coefficient (Wildman–Crippen LogP) is 2.35. The molecular weight excluding hydrogens is 272 g/mol. The van der Waals surface area contributed by atoms with Crippen LogP contribution in [-0.2, 0) is 4.79 Å². The average Bonchev–Trinajstić information content (AvgIpc) is 2.64. The lowest BCUT2D eigenvalue weighted by Gasteiger charge is -2.21. The zero-order valence-electron chi connectivity index (χ0n) is 9.45. The third-order valence-electron chi connectivity index (χ3n) is 2.35. The topological polar surface area (TPSA) is 66.6 Å². The Morgan fingerprint density at radius 2 is 2.33 bits per heavy atom. The summed E-state index contributed by atoms with van der Waals surface area (Å²) >= 11 is 9.06. The number of carboxylic acids is 1. The molecular formula is C11H10N2O3S2. The summed E-state index contributed by atoms with van der Waals surface area (Å²) in [6.07, 6.45) is 0. The van der Waals surface area contributed by atoms with Crippen LogP contribution in [0.5, 0.6) is 0 Å². The summed E-state index contributed by atoms with van der Waals surface area (Å²) in [5, 5.41) is 9.13. The highest BCUT2D eigenvalue weighted by Gasteiger charge is 2.14. The minimum Gasteiger partial charge on any atom is -0.480 e. The fraction of sp³-hybridized carbons (Fsp3) is 0.182. The van der Waals surface area contributed by atoms with Crippen molar-refractivity contribution in [2.75, 3.05) is 11.4 Å². The number of anilines is 1. The lowest BCUT2D eigenvalue weighted by Crippen LogP contribution is -2.32. The maximum atomic E-state index is 10.8. The minimum atomic E-state index is -0.950. The van der Waals surface area contributed by atoms with Crippen molar-refractivity contribution in [2.24, 2.45) is 0 Å². The van der Waals surface area contributed by atoms with Crippen LogP contribution in [0.4, 0.5) is 5.69 Å². The Labute approximate surface area is 114 Å². The molecule has 2 aromatic rings. The number of rotatable bonds is 3. The van der Waals surface area contributed by atoms with Crippen LogP contribution >= 0.6 is 24.8 Å². The number of aliphatic carboxylic acids is 1. The molecule has 18 heavy (non-hydrogen) atoms. The molecule has 1 aromatic carbocycles. The molecule has 0 radical (unpaired) electrons. The van der Waals surface area contributed by atoms with Crippen molar-refractivity contribution < 1.29 is 14.3 Å². The minimum absolute atomic E-state index is 0.188. The predicted molar refractivity (Wildman–Crippen MR) is 74.5 cm³/mol. The number of oxazole rings is 1. The molecule has 1 heterocycles. The lowest BCUT2D eigenvalue weighted by atomic mass is 10.2. The van der Waals surface area contributed by atoms with Crippen molar-refractivity contribution in [1.82, 2.24) is 4.98 Å². The average molecular weight is 282 g/mol. The van der Waals surface area contributed by atoms with E-state index in [4.69, 9.17) is 21.7 Å². The van der Waals surface area contributed by atoms with Crippen LogP contribution in [0.1, 0.15) is 6.92 Å².